The third-order valence-electron chi connectivity index (χ3n) is 6.88. The summed E-state index contributed by atoms with van der Waals surface area (Å²) in [6, 6.07) is 5.25. The maximum atomic E-state index is 13.3. The van der Waals surface area contributed by atoms with Gasteiger partial charge in [-0.2, -0.15) is 4.31 Å². The molecular weight excluding hydrogens is 454 g/mol. The Morgan fingerprint density at radius 3 is 2.50 bits per heavy atom. The molecule has 188 valence electrons. The number of hydrogen-bond acceptors (Lipinski definition) is 5. The Kier molecular flexibility index (Phi) is 7.24. The minimum absolute atomic E-state index is 0.116. The number of benzene rings is 1. The van der Waals surface area contributed by atoms with Gasteiger partial charge in [-0.15, -0.1) is 0 Å². The minimum atomic E-state index is -3.60. The summed E-state index contributed by atoms with van der Waals surface area (Å²) in [5.74, 6) is -0.431. The van der Waals surface area contributed by atoms with Crippen molar-refractivity contribution in [3.8, 4) is 0 Å². The normalized spacial score (nSPS) is 23.9. The van der Waals surface area contributed by atoms with Crippen LogP contribution in [0.5, 0.6) is 0 Å². The highest BCUT2D eigenvalue weighted by molar-refractivity contribution is 7.89. The maximum absolute atomic E-state index is 13.3. The maximum Gasteiger partial charge on any atom is 0.410 e. The number of rotatable bonds is 4. The Balaban J connectivity index is 1.36. The standard InChI is InChI=1S/C25H37N3O5S/c1-25(2,3)33-24(30)27-13-5-9-20(16-27)23(29)26-21-10-6-14-28(17-21)34(31,32)22-12-11-18-7-4-8-19(18)15-22/h11-12,15,20-21H,4-10,13-14,16-17H2,1-3H3,(H,26,29)/t20-,21+/m1/s1. The fourth-order valence-electron chi connectivity index (χ4n) is 5.14. The van der Waals surface area contributed by atoms with Crippen LogP contribution in [-0.2, 0) is 32.4 Å². The Morgan fingerprint density at radius 1 is 1.00 bits per heavy atom. The van der Waals surface area contributed by atoms with Gasteiger partial charge in [0, 0.05) is 32.2 Å². The van der Waals surface area contributed by atoms with Gasteiger partial charge in [-0.3, -0.25) is 4.79 Å². The summed E-state index contributed by atoms with van der Waals surface area (Å²) in [7, 11) is -3.60. The highest BCUT2D eigenvalue weighted by Crippen LogP contribution is 2.28. The molecule has 1 aromatic carbocycles. The van der Waals surface area contributed by atoms with Crippen LogP contribution in [0, 0.1) is 5.92 Å². The molecule has 1 aliphatic carbocycles. The van der Waals surface area contributed by atoms with E-state index >= 15 is 0 Å². The van der Waals surface area contributed by atoms with Crippen LogP contribution in [0.1, 0.15) is 64.0 Å². The lowest BCUT2D eigenvalue weighted by Gasteiger charge is -2.36. The topological polar surface area (TPSA) is 96.0 Å². The fourth-order valence-corrected chi connectivity index (χ4v) is 6.71. The number of nitrogens with one attached hydrogen (secondary N) is 1. The Bertz CT molecular complexity index is 1030. The van der Waals surface area contributed by atoms with Crippen molar-refractivity contribution >= 4 is 22.0 Å². The van der Waals surface area contributed by atoms with Crippen molar-refractivity contribution in [2.75, 3.05) is 26.2 Å². The van der Waals surface area contributed by atoms with Gasteiger partial charge in [0.1, 0.15) is 5.60 Å². The van der Waals surface area contributed by atoms with Crippen LogP contribution in [-0.4, -0.2) is 67.4 Å². The molecule has 4 rings (SSSR count). The van der Waals surface area contributed by atoms with Crippen LogP contribution in [0.4, 0.5) is 4.79 Å². The van der Waals surface area contributed by atoms with E-state index in [1.807, 2.05) is 32.9 Å². The van der Waals surface area contributed by atoms with E-state index in [9.17, 15) is 18.0 Å². The second-order valence-electron chi connectivity index (χ2n) is 10.8. The largest absolute Gasteiger partial charge is 0.444 e. The molecule has 0 unspecified atom stereocenters. The molecule has 2 aliphatic heterocycles. The van der Waals surface area contributed by atoms with E-state index in [1.54, 1.807) is 11.0 Å². The number of carbonyl (C=O) groups excluding carboxylic acids is 2. The van der Waals surface area contributed by atoms with Gasteiger partial charge in [0.05, 0.1) is 10.8 Å². The first-order valence-corrected chi connectivity index (χ1v) is 13.9. The molecule has 3 aliphatic rings. The van der Waals surface area contributed by atoms with Crippen LogP contribution in [0.3, 0.4) is 0 Å². The number of ether oxygens (including phenoxy) is 1. The van der Waals surface area contributed by atoms with E-state index in [2.05, 4.69) is 5.32 Å². The zero-order valence-electron chi connectivity index (χ0n) is 20.5. The number of piperidine rings is 2. The molecule has 34 heavy (non-hydrogen) atoms. The predicted octanol–water partition coefficient (Wildman–Crippen LogP) is 3.09. The van der Waals surface area contributed by atoms with Gasteiger partial charge in [0.15, 0.2) is 0 Å². The van der Waals surface area contributed by atoms with E-state index in [4.69, 9.17) is 4.74 Å². The smallest absolute Gasteiger partial charge is 0.410 e. The van der Waals surface area contributed by atoms with Gasteiger partial charge in [-0.05, 0) is 89.0 Å². The van der Waals surface area contributed by atoms with Gasteiger partial charge in [0.2, 0.25) is 15.9 Å². The number of amides is 2. The zero-order valence-corrected chi connectivity index (χ0v) is 21.3. The first-order chi connectivity index (χ1) is 16.0. The molecule has 0 aromatic heterocycles. The van der Waals surface area contributed by atoms with E-state index in [-0.39, 0.29) is 24.4 Å². The Morgan fingerprint density at radius 2 is 1.74 bits per heavy atom. The molecule has 0 bridgehead atoms. The van der Waals surface area contributed by atoms with Gasteiger partial charge in [0.25, 0.3) is 0 Å². The molecule has 2 saturated heterocycles. The molecule has 0 saturated carbocycles. The second-order valence-corrected chi connectivity index (χ2v) is 12.7. The third-order valence-corrected chi connectivity index (χ3v) is 8.74. The molecule has 2 amide bonds. The summed E-state index contributed by atoms with van der Waals surface area (Å²) in [6.07, 6.45) is 5.50. The van der Waals surface area contributed by atoms with Crippen LogP contribution < -0.4 is 5.32 Å². The minimum Gasteiger partial charge on any atom is -0.444 e. The highest BCUT2D eigenvalue weighted by Gasteiger charge is 2.35. The summed E-state index contributed by atoms with van der Waals surface area (Å²) >= 11 is 0. The van der Waals surface area contributed by atoms with Crippen molar-refractivity contribution in [3.63, 3.8) is 0 Å². The number of fused-ring (bicyclic) bond motifs is 1. The average Bonchev–Trinajstić information content (AvgIpc) is 3.26. The van der Waals surface area contributed by atoms with Crippen LogP contribution in [0.15, 0.2) is 23.1 Å². The predicted molar refractivity (Wildman–Crippen MR) is 129 cm³/mol. The van der Waals surface area contributed by atoms with Crippen molar-refractivity contribution in [1.82, 2.24) is 14.5 Å². The van der Waals surface area contributed by atoms with E-state index in [0.29, 0.717) is 37.4 Å². The molecule has 2 atom stereocenters. The molecule has 8 nitrogen and oxygen atoms in total. The first-order valence-electron chi connectivity index (χ1n) is 12.4. The molecule has 0 radical (unpaired) electrons. The zero-order chi connectivity index (χ0) is 24.5. The van der Waals surface area contributed by atoms with Crippen molar-refractivity contribution in [2.45, 2.75) is 82.3 Å². The summed E-state index contributed by atoms with van der Waals surface area (Å²) in [4.78, 5) is 27.4. The number of likely N-dealkylation sites (tertiary alicyclic amines) is 1. The Labute approximate surface area is 203 Å². The number of nitrogens with zero attached hydrogens (tertiary/aromatic N) is 2. The molecule has 1 N–H and O–H groups in total. The molecule has 1 aromatic rings. The molecular formula is C25H37N3O5S. The number of sulfonamides is 1. The lowest BCUT2D eigenvalue weighted by atomic mass is 9.96. The SMILES string of the molecule is CC(C)(C)OC(=O)N1CCC[C@@H](C(=O)N[C@H]2CCCN(S(=O)(=O)c3ccc4c(c3)CCC4)C2)C1. The van der Waals surface area contributed by atoms with Crippen molar-refractivity contribution < 1.29 is 22.7 Å². The average molecular weight is 492 g/mol. The van der Waals surface area contributed by atoms with Crippen molar-refractivity contribution in [3.05, 3.63) is 29.3 Å². The monoisotopic (exact) mass is 491 g/mol. The highest BCUT2D eigenvalue weighted by atomic mass is 32.2. The van der Waals surface area contributed by atoms with E-state index in [1.165, 1.54) is 9.87 Å². The second kappa shape index (κ2) is 9.85. The van der Waals surface area contributed by atoms with Crippen LogP contribution in [0.25, 0.3) is 0 Å². The lowest BCUT2D eigenvalue weighted by Crippen LogP contribution is -2.53. The van der Waals surface area contributed by atoms with E-state index < -0.39 is 21.7 Å². The summed E-state index contributed by atoms with van der Waals surface area (Å²) < 4.78 is 33.6. The molecule has 2 heterocycles. The summed E-state index contributed by atoms with van der Waals surface area (Å²) in [5, 5.41) is 3.07. The third kappa shape index (κ3) is 5.74. The lowest BCUT2D eigenvalue weighted by molar-refractivity contribution is -0.127. The molecule has 2 fully saturated rings. The number of aryl methyl sites for hydroxylation is 2. The fraction of sp³-hybridized carbons (Fsp3) is 0.680. The van der Waals surface area contributed by atoms with E-state index in [0.717, 1.165) is 37.7 Å². The van der Waals surface area contributed by atoms with Crippen molar-refractivity contribution in [2.24, 2.45) is 5.92 Å². The quantitative estimate of drug-likeness (QED) is 0.698. The first kappa shape index (κ1) is 25.0. The van der Waals surface area contributed by atoms with Gasteiger partial charge < -0.3 is 15.0 Å². The number of hydrogen-bond donors (Lipinski definition) is 1. The van der Waals surface area contributed by atoms with Gasteiger partial charge >= 0.3 is 6.09 Å². The number of carbonyl (C=O) groups is 2. The molecule has 9 heteroatoms. The van der Waals surface area contributed by atoms with Crippen molar-refractivity contribution in [1.29, 1.82) is 0 Å². The van der Waals surface area contributed by atoms with Crippen LogP contribution in [0.2, 0.25) is 0 Å². The summed E-state index contributed by atoms with van der Waals surface area (Å²) in [5.41, 5.74) is 1.80. The van der Waals surface area contributed by atoms with Gasteiger partial charge in [-0.25, -0.2) is 13.2 Å². The Hall–Kier alpha value is -2.13. The molecule has 0 spiro atoms. The van der Waals surface area contributed by atoms with Gasteiger partial charge in [-0.1, -0.05) is 6.07 Å². The van der Waals surface area contributed by atoms with Crippen LogP contribution >= 0.6 is 0 Å². The summed E-state index contributed by atoms with van der Waals surface area (Å²) in [6.45, 7) is 7.11.